The number of hydrogen-bond donors (Lipinski definition) is 0. The molecule has 9 heteroatoms. The molecule has 2 heterocycles. The Kier molecular flexibility index (Phi) is 5.93. The molecular formula is C17H19ClFN3O3S. The van der Waals surface area contributed by atoms with Crippen molar-refractivity contribution in [3.63, 3.8) is 0 Å². The highest BCUT2D eigenvalue weighted by atomic mass is 35.5. The van der Waals surface area contributed by atoms with Crippen LogP contribution in [0, 0.1) is 5.82 Å². The van der Waals surface area contributed by atoms with Gasteiger partial charge in [-0.3, -0.25) is 0 Å². The molecule has 26 heavy (non-hydrogen) atoms. The number of carbonyl (C=O) groups is 1. The summed E-state index contributed by atoms with van der Waals surface area (Å²) in [5.74, 6) is 0.0701. The Balaban J connectivity index is 1.92. The van der Waals surface area contributed by atoms with E-state index in [1.807, 2.05) is 4.57 Å². The molecule has 0 aliphatic carbocycles. The molecule has 3 rings (SSSR count). The van der Waals surface area contributed by atoms with Crippen LogP contribution >= 0.6 is 23.1 Å². The predicted octanol–water partition coefficient (Wildman–Crippen LogP) is 3.64. The van der Waals surface area contributed by atoms with Gasteiger partial charge in [0.25, 0.3) is 0 Å². The zero-order valence-corrected chi connectivity index (χ0v) is 16.1. The number of nitrogens with zero attached hydrogens (tertiary/aromatic N) is 3. The first-order valence-electron chi connectivity index (χ1n) is 8.42. The van der Waals surface area contributed by atoms with Crippen molar-refractivity contribution in [1.29, 1.82) is 0 Å². The normalized spacial score (nSPS) is 15.5. The second-order valence-electron chi connectivity index (χ2n) is 5.85. The summed E-state index contributed by atoms with van der Waals surface area (Å²) in [4.78, 5) is 16.8. The zero-order valence-electron chi connectivity index (χ0n) is 14.5. The Bertz CT molecular complexity index is 881. The Morgan fingerprint density at radius 3 is 3.08 bits per heavy atom. The molecule has 140 valence electrons. The van der Waals surface area contributed by atoms with Gasteiger partial charge in [-0.2, -0.15) is 4.37 Å². The Morgan fingerprint density at radius 1 is 1.50 bits per heavy atom. The molecule has 0 bridgehead atoms. The van der Waals surface area contributed by atoms with E-state index in [9.17, 15) is 9.18 Å². The van der Waals surface area contributed by atoms with Crippen molar-refractivity contribution < 1.29 is 18.7 Å². The van der Waals surface area contributed by atoms with Gasteiger partial charge in [0, 0.05) is 30.6 Å². The Morgan fingerprint density at radius 2 is 2.31 bits per heavy atom. The van der Waals surface area contributed by atoms with E-state index in [2.05, 4.69) is 9.37 Å². The lowest BCUT2D eigenvalue weighted by atomic mass is 10.2. The predicted molar refractivity (Wildman–Crippen MR) is 96.4 cm³/mol. The monoisotopic (exact) mass is 399 g/mol. The van der Waals surface area contributed by atoms with E-state index in [0.29, 0.717) is 4.80 Å². The fraction of sp³-hybridized carbons (Fsp3) is 0.471. The van der Waals surface area contributed by atoms with Crippen molar-refractivity contribution in [1.82, 2.24) is 8.94 Å². The van der Waals surface area contributed by atoms with Gasteiger partial charge in [-0.25, -0.2) is 14.2 Å². The molecule has 1 aliphatic rings. The second-order valence-corrected chi connectivity index (χ2v) is 6.99. The number of ether oxygens (including phenoxy) is 2. The van der Waals surface area contributed by atoms with E-state index < -0.39 is 17.9 Å². The van der Waals surface area contributed by atoms with Gasteiger partial charge in [0.15, 0.2) is 11.9 Å². The van der Waals surface area contributed by atoms with Crippen LogP contribution in [-0.4, -0.2) is 27.6 Å². The highest BCUT2D eigenvalue weighted by Crippen LogP contribution is 2.32. The van der Waals surface area contributed by atoms with Crippen molar-refractivity contribution in [3.05, 3.63) is 33.6 Å². The van der Waals surface area contributed by atoms with E-state index in [1.165, 1.54) is 17.6 Å². The second kappa shape index (κ2) is 8.18. The summed E-state index contributed by atoms with van der Waals surface area (Å²) in [5, 5.41) is 0.0663. The lowest BCUT2D eigenvalue weighted by molar-refractivity contribution is -0.150. The van der Waals surface area contributed by atoms with Gasteiger partial charge < -0.3 is 14.0 Å². The van der Waals surface area contributed by atoms with Crippen LogP contribution in [0.2, 0.25) is 5.02 Å². The van der Waals surface area contributed by atoms with Crippen LogP contribution in [0.25, 0.3) is 0 Å². The van der Waals surface area contributed by atoms with Gasteiger partial charge in [-0.1, -0.05) is 11.6 Å². The number of fused-ring (bicyclic) bond motifs is 1. The van der Waals surface area contributed by atoms with Crippen molar-refractivity contribution in [2.45, 2.75) is 45.8 Å². The van der Waals surface area contributed by atoms with E-state index in [4.69, 9.17) is 21.1 Å². The molecular weight excluding hydrogens is 381 g/mol. The zero-order chi connectivity index (χ0) is 18.7. The molecule has 1 aromatic carbocycles. The molecule has 0 fully saturated rings. The summed E-state index contributed by atoms with van der Waals surface area (Å²) in [5.41, 5.74) is 0.0879. The number of rotatable bonds is 5. The van der Waals surface area contributed by atoms with Gasteiger partial charge in [0.2, 0.25) is 4.80 Å². The van der Waals surface area contributed by atoms with Crippen LogP contribution in [0.1, 0.15) is 32.5 Å². The van der Waals surface area contributed by atoms with E-state index in [1.54, 1.807) is 13.8 Å². The van der Waals surface area contributed by atoms with E-state index in [-0.39, 0.29) is 23.1 Å². The van der Waals surface area contributed by atoms with Crippen LogP contribution in [0.15, 0.2) is 17.1 Å². The van der Waals surface area contributed by atoms with Gasteiger partial charge >= 0.3 is 5.97 Å². The Hall–Kier alpha value is -1.93. The number of halogens is 2. The molecule has 0 amide bonds. The number of esters is 1. The highest BCUT2D eigenvalue weighted by molar-refractivity contribution is 7.02. The smallest absolute Gasteiger partial charge is 0.347 e. The maximum absolute atomic E-state index is 14.3. The van der Waals surface area contributed by atoms with Crippen LogP contribution in [0.3, 0.4) is 0 Å². The van der Waals surface area contributed by atoms with Crippen LogP contribution in [-0.2, 0) is 22.5 Å². The standard InChI is InChI=1S/C17H19ClFN3O3S/c1-3-24-16(23)10(2)25-14-9-13(12(19)8-11(14)18)20-17-22-7-5-4-6-15(22)21-26-17/h8-10H,3-7H2,1-2H3. The third-order valence-electron chi connectivity index (χ3n) is 3.95. The van der Waals surface area contributed by atoms with E-state index in [0.717, 1.165) is 37.7 Å². The van der Waals surface area contributed by atoms with Crippen LogP contribution in [0.5, 0.6) is 5.75 Å². The van der Waals surface area contributed by atoms with Crippen molar-refractivity contribution in [3.8, 4) is 5.75 Å². The highest BCUT2D eigenvalue weighted by Gasteiger charge is 2.19. The first kappa shape index (κ1) is 18.8. The number of carbonyl (C=O) groups excluding carboxylic acids is 1. The molecule has 0 N–H and O–H groups in total. The van der Waals surface area contributed by atoms with Crippen LogP contribution < -0.4 is 9.54 Å². The molecule has 1 atom stereocenters. The summed E-state index contributed by atoms with van der Waals surface area (Å²) in [6.45, 7) is 4.32. The third kappa shape index (κ3) is 4.07. The summed E-state index contributed by atoms with van der Waals surface area (Å²) >= 11 is 7.29. The molecule has 2 aromatic rings. The summed E-state index contributed by atoms with van der Waals surface area (Å²) in [6, 6.07) is 2.52. The molecule has 1 unspecified atom stereocenters. The fourth-order valence-electron chi connectivity index (χ4n) is 2.64. The first-order chi connectivity index (χ1) is 12.5. The molecule has 1 aromatic heterocycles. The number of benzene rings is 1. The largest absolute Gasteiger partial charge is 0.477 e. The lowest BCUT2D eigenvalue weighted by Gasteiger charge is -2.15. The van der Waals surface area contributed by atoms with Crippen molar-refractivity contribution in [2.75, 3.05) is 6.61 Å². The molecule has 0 saturated heterocycles. The minimum Gasteiger partial charge on any atom is -0.477 e. The summed E-state index contributed by atoms with van der Waals surface area (Å²) in [6.07, 6.45) is 2.19. The maximum atomic E-state index is 14.3. The quantitative estimate of drug-likeness (QED) is 0.720. The average Bonchev–Trinajstić information content (AvgIpc) is 3.02. The van der Waals surface area contributed by atoms with Gasteiger partial charge in [-0.15, -0.1) is 0 Å². The number of aromatic nitrogens is 2. The van der Waals surface area contributed by atoms with Crippen LogP contribution in [0.4, 0.5) is 10.1 Å². The van der Waals surface area contributed by atoms with Gasteiger partial charge in [-0.05, 0) is 32.8 Å². The Labute approximate surface area is 159 Å². The maximum Gasteiger partial charge on any atom is 0.347 e. The summed E-state index contributed by atoms with van der Waals surface area (Å²) in [7, 11) is 0. The fourth-order valence-corrected chi connectivity index (χ4v) is 3.64. The minimum atomic E-state index is -0.865. The van der Waals surface area contributed by atoms with Gasteiger partial charge in [0.05, 0.1) is 11.6 Å². The lowest BCUT2D eigenvalue weighted by Crippen LogP contribution is -2.26. The number of hydrogen-bond acceptors (Lipinski definition) is 6. The van der Waals surface area contributed by atoms with Crippen molar-refractivity contribution in [2.24, 2.45) is 4.99 Å². The molecule has 1 aliphatic heterocycles. The number of aryl methyl sites for hydroxylation is 1. The third-order valence-corrected chi connectivity index (χ3v) is 5.02. The first-order valence-corrected chi connectivity index (χ1v) is 9.57. The molecule has 0 radical (unpaired) electrons. The van der Waals surface area contributed by atoms with Gasteiger partial charge in [0.1, 0.15) is 17.3 Å². The van der Waals surface area contributed by atoms with Crippen molar-refractivity contribution >= 4 is 34.8 Å². The molecule has 0 spiro atoms. The average molecular weight is 400 g/mol. The minimum absolute atomic E-state index is 0.0663. The van der Waals surface area contributed by atoms with E-state index >= 15 is 0 Å². The summed E-state index contributed by atoms with van der Waals surface area (Å²) < 4.78 is 31.1. The SMILES string of the molecule is CCOC(=O)C(C)Oc1cc(N=c2snc3n2CCCC3)c(F)cc1Cl. The topological polar surface area (TPSA) is 65.7 Å². The molecule has 6 nitrogen and oxygen atoms in total. The molecule has 0 saturated carbocycles.